The number of methoxy groups -OCH3 is 1. The second-order valence-electron chi connectivity index (χ2n) is 7.58. The topological polar surface area (TPSA) is 106 Å². The molecular formula is C20H29N3O6S. The van der Waals surface area contributed by atoms with Gasteiger partial charge in [0.25, 0.3) is 0 Å². The lowest BCUT2D eigenvalue weighted by molar-refractivity contribution is -0.132. The third-order valence-corrected chi connectivity index (χ3v) is 4.86. The van der Waals surface area contributed by atoms with E-state index in [9.17, 15) is 14.4 Å². The second kappa shape index (κ2) is 11.1. The fourth-order valence-corrected chi connectivity index (χ4v) is 3.35. The Bertz CT molecular complexity index is 759. The van der Waals surface area contributed by atoms with Crippen molar-refractivity contribution < 1.29 is 28.6 Å². The van der Waals surface area contributed by atoms with E-state index in [4.69, 9.17) is 14.2 Å². The fraction of sp³-hybridized carbons (Fsp3) is 0.550. The minimum absolute atomic E-state index is 0.00407. The van der Waals surface area contributed by atoms with Gasteiger partial charge in [-0.2, -0.15) is 0 Å². The Morgan fingerprint density at radius 3 is 2.47 bits per heavy atom. The number of carbonyl (C=O) groups excluding carboxylic acids is 3. The molecule has 1 fully saturated rings. The summed E-state index contributed by atoms with van der Waals surface area (Å²) in [5.41, 5.74) is 0.227. The largest absolute Gasteiger partial charge is 0.495 e. The summed E-state index contributed by atoms with van der Waals surface area (Å²) in [6.07, 6.45) is -0.624. The molecule has 1 aromatic rings. The molecule has 2 rings (SSSR count). The molecule has 3 amide bonds. The molecule has 1 aliphatic rings. The van der Waals surface area contributed by atoms with Gasteiger partial charge in [-0.3, -0.25) is 14.9 Å². The molecule has 9 nitrogen and oxygen atoms in total. The molecule has 1 aromatic carbocycles. The van der Waals surface area contributed by atoms with E-state index in [0.29, 0.717) is 43.4 Å². The number of rotatable bonds is 7. The van der Waals surface area contributed by atoms with Crippen LogP contribution in [-0.2, 0) is 19.1 Å². The van der Waals surface area contributed by atoms with Crippen LogP contribution >= 0.6 is 11.8 Å². The summed E-state index contributed by atoms with van der Waals surface area (Å²) in [5, 5.41) is 5.38. The van der Waals surface area contributed by atoms with Crippen molar-refractivity contribution in [3.63, 3.8) is 0 Å². The maximum atomic E-state index is 12.2. The van der Waals surface area contributed by atoms with Gasteiger partial charge in [0.2, 0.25) is 11.8 Å². The average Bonchev–Trinajstić information content (AvgIpc) is 2.67. The predicted octanol–water partition coefficient (Wildman–Crippen LogP) is 2.57. The van der Waals surface area contributed by atoms with E-state index in [2.05, 4.69) is 10.6 Å². The van der Waals surface area contributed by atoms with E-state index in [-0.39, 0.29) is 23.3 Å². The Hall–Kier alpha value is -2.46. The quantitative estimate of drug-likeness (QED) is 0.672. The van der Waals surface area contributed by atoms with Gasteiger partial charge in [-0.05, 0) is 39.0 Å². The SMILES string of the molecule is COc1ccc(NC(=O)CSCC(=O)N2CCOCC2)cc1NC(=O)OC(C)(C)C. The van der Waals surface area contributed by atoms with Crippen LogP contribution in [0.3, 0.4) is 0 Å². The molecule has 1 heterocycles. The zero-order chi connectivity index (χ0) is 22.1. The number of thioether (sulfide) groups is 1. The first-order valence-corrected chi connectivity index (χ1v) is 10.7. The molecule has 0 bridgehead atoms. The van der Waals surface area contributed by atoms with Gasteiger partial charge in [-0.25, -0.2) is 4.79 Å². The highest BCUT2D eigenvalue weighted by Crippen LogP contribution is 2.28. The highest BCUT2D eigenvalue weighted by Gasteiger charge is 2.19. The van der Waals surface area contributed by atoms with Gasteiger partial charge in [0.15, 0.2) is 0 Å². The van der Waals surface area contributed by atoms with Gasteiger partial charge in [-0.1, -0.05) is 0 Å². The number of nitrogens with one attached hydrogen (secondary N) is 2. The molecule has 2 N–H and O–H groups in total. The lowest BCUT2D eigenvalue weighted by Gasteiger charge is -2.26. The van der Waals surface area contributed by atoms with Crippen LogP contribution in [-0.4, -0.2) is 73.3 Å². The van der Waals surface area contributed by atoms with Crippen LogP contribution in [0.15, 0.2) is 18.2 Å². The molecule has 1 aliphatic heterocycles. The zero-order valence-corrected chi connectivity index (χ0v) is 18.6. The minimum Gasteiger partial charge on any atom is -0.495 e. The Morgan fingerprint density at radius 1 is 1.13 bits per heavy atom. The highest BCUT2D eigenvalue weighted by molar-refractivity contribution is 8.00. The molecule has 30 heavy (non-hydrogen) atoms. The lowest BCUT2D eigenvalue weighted by atomic mass is 10.2. The van der Waals surface area contributed by atoms with Crippen LogP contribution in [0.4, 0.5) is 16.2 Å². The molecule has 0 atom stereocenters. The first kappa shape index (κ1) is 23.8. The maximum Gasteiger partial charge on any atom is 0.412 e. The predicted molar refractivity (Wildman–Crippen MR) is 116 cm³/mol. The van der Waals surface area contributed by atoms with Gasteiger partial charge < -0.3 is 24.4 Å². The van der Waals surface area contributed by atoms with Crippen LogP contribution in [0.25, 0.3) is 0 Å². The number of benzene rings is 1. The number of carbonyl (C=O) groups is 3. The van der Waals surface area contributed by atoms with Crippen molar-refractivity contribution >= 4 is 41.0 Å². The first-order valence-electron chi connectivity index (χ1n) is 9.59. The first-order chi connectivity index (χ1) is 14.2. The van der Waals surface area contributed by atoms with E-state index >= 15 is 0 Å². The van der Waals surface area contributed by atoms with E-state index < -0.39 is 11.7 Å². The van der Waals surface area contributed by atoms with Gasteiger partial charge in [0, 0.05) is 18.8 Å². The normalized spacial score (nSPS) is 14.1. The van der Waals surface area contributed by atoms with Crippen LogP contribution in [0, 0.1) is 0 Å². The van der Waals surface area contributed by atoms with Crippen LogP contribution in [0.1, 0.15) is 20.8 Å². The smallest absolute Gasteiger partial charge is 0.412 e. The van der Waals surface area contributed by atoms with E-state index in [1.807, 2.05) is 0 Å². The number of hydrogen-bond donors (Lipinski definition) is 2. The summed E-state index contributed by atoms with van der Waals surface area (Å²) in [4.78, 5) is 38.1. The summed E-state index contributed by atoms with van der Waals surface area (Å²) in [6, 6.07) is 4.89. The van der Waals surface area contributed by atoms with Crippen molar-refractivity contribution in [1.82, 2.24) is 4.90 Å². The highest BCUT2D eigenvalue weighted by atomic mass is 32.2. The third kappa shape index (κ3) is 8.11. The molecule has 0 saturated carbocycles. The summed E-state index contributed by atoms with van der Waals surface area (Å²) >= 11 is 1.25. The number of anilines is 2. The molecular weight excluding hydrogens is 410 g/mol. The summed E-state index contributed by atoms with van der Waals surface area (Å²) in [5.74, 6) is 0.565. The summed E-state index contributed by atoms with van der Waals surface area (Å²) < 4.78 is 15.7. The summed E-state index contributed by atoms with van der Waals surface area (Å²) in [6.45, 7) is 7.57. The maximum absolute atomic E-state index is 12.2. The van der Waals surface area contributed by atoms with Crippen molar-refractivity contribution in [3.8, 4) is 5.75 Å². The monoisotopic (exact) mass is 439 g/mol. The fourth-order valence-electron chi connectivity index (χ4n) is 2.63. The number of morpholine rings is 1. The molecule has 1 saturated heterocycles. The van der Waals surface area contributed by atoms with Gasteiger partial charge in [0.1, 0.15) is 11.4 Å². The molecule has 0 spiro atoms. The van der Waals surface area contributed by atoms with E-state index in [1.54, 1.807) is 43.9 Å². The standard InChI is InChI=1S/C20H29N3O6S/c1-20(2,3)29-19(26)22-15-11-14(5-6-16(15)27-4)21-17(24)12-30-13-18(25)23-7-9-28-10-8-23/h5-6,11H,7-10,12-13H2,1-4H3,(H,21,24)(H,22,26). The Morgan fingerprint density at radius 2 is 1.83 bits per heavy atom. The van der Waals surface area contributed by atoms with Crippen LogP contribution in [0.2, 0.25) is 0 Å². The van der Waals surface area contributed by atoms with Gasteiger partial charge >= 0.3 is 6.09 Å². The molecule has 166 valence electrons. The van der Waals surface area contributed by atoms with Crippen molar-refractivity contribution in [3.05, 3.63) is 18.2 Å². The Labute approximate surface area is 180 Å². The number of hydrogen-bond acceptors (Lipinski definition) is 7. The van der Waals surface area contributed by atoms with E-state index in [1.165, 1.54) is 18.9 Å². The van der Waals surface area contributed by atoms with Crippen molar-refractivity contribution in [1.29, 1.82) is 0 Å². The van der Waals surface area contributed by atoms with Crippen molar-refractivity contribution in [2.45, 2.75) is 26.4 Å². The molecule has 0 aliphatic carbocycles. The zero-order valence-electron chi connectivity index (χ0n) is 17.8. The molecule has 0 unspecified atom stereocenters. The van der Waals surface area contributed by atoms with Crippen LogP contribution in [0.5, 0.6) is 5.75 Å². The van der Waals surface area contributed by atoms with Crippen molar-refractivity contribution in [2.75, 3.05) is 55.6 Å². The molecule has 0 radical (unpaired) electrons. The molecule has 10 heteroatoms. The second-order valence-corrected chi connectivity index (χ2v) is 8.56. The lowest BCUT2D eigenvalue weighted by Crippen LogP contribution is -2.41. The Balaban J connectivity index is 1.86. The number of nitrogens with zero attached hydrogens (tertiary/aromatic N) is 1. The van der Waals surface area contributed by atoms with Crippen LogP contribution < -0.4 is 15.4 Å². The number of ether oxygens (including phenoxy) is 3. The summed E-state index contributed by atoms with van der Waals surface area (Å²) in [7, 11) is 1.48. The van der Waals surface area contributed by atoms with E-state index in [0.717, 1.165) is 0 Å². The van der Waals surface area contributed by atoms with Gasteiger partial charge in [-0.15, -0.1) is 11.8 Å². The minimum atomic E-state index is -0.640. The Kier molecular flexibility index (Phi) is 8.79. The number of amides is 3. The average molecular weight is 440 g/mol. The third-order valence-electron chi connectivity index (χ3n) is 3.94. The van der Waals surface area contributed by atoms with Crippen molar-refractivity contribution in [2.24, 2.45) is 0 Å². The van der Waals surface area contributed by atoms with Gasteiger partial charge in [0.05, 0.1) is 37.5 Å². The molecule has 0 aromatic heterocycles.